The Bertz CT molecular complexity index is 710. The number of halogens is 2. The Morgan fingerprint density at radius 1 is 1.04 bits per heavy atom. The first-order valence-corrected chi connectivity index (χ1v) is 10.3. The molecule has 27 heavy (non-hydrogen) atoms. The molecule has 0 radical (unpaired) electrons. The van der Waals surface area contributed by atoms with E-state index < -0.39 is 11.7 Å². The lowest BCUT2D eigenvalue weighted by Gasteiger charge is -2.12. The third-order valence-electron chi connectivity index (χ3n) is 4.33. The Labute approximate surface area is 168 Å². The summed E-state index contributed by atoms with van der Waals surface area (Å²) < 4.78 is 13.9. The minimum absolute atomic E-state index is 0.112. The minimum Gasteiger partial charge on any atom is -0.322 e. The molecule has 0 spiro atoms. The molecule has 0 bridgehead atoms. The summed E-state index contributed by atoms with van der Waals surface area (Å²) in [7, 11) is 0. The summed E-state index contributed by atoms with van der Waals surface area (Å²) in [5.41, 5.74) is 3.08. The summed E-state index contributed by atoms with van der Waals surface area (Å²) >= 11 is 5.96. The highest BCUT2D eigenvalue weighted by Gasteiger charge is 2.16. The van der Waals surface area contributed by atoms with E-state index in [2.05, 4.69) is 25.2 Å². The molecular weight excluding hydrogens is 361 g/mol. The molecule has 2 nitrogen and oxygen atoms in total. The summed E-state index contributed by atoms with van der Waals surface area (Å²) in [6.45, 7) is 8.31. The van der Waals surface area contributed by atoms with Gasteiger partial charge < -0.3 is 5.32 Å². The number of anilines is 1. The molecule has 0 unspecified atom stereocenters. The van der Waals surface area contributed by atoms with Crippen molar-refractivity contribution in [3.05, 3.63) is 63.9 Å². The third kappa shape index (κ3) is 6.99. The number of unbranched alkanes of at least 4 members (excludes halogenated alkanes) is 3. The van der Waals surface area contributed by atoms with Crippen LogP contribution < -0.4 is 5.32 Å². The lowest BCUT2D eigenvalue weighted by atomic mass is 9.98. The molecule has 1 amide bonds. The molecule has 148 valence electrons. The van der Waals surface area contributed by atoms with Gasteiger partial charge in [-0.15, -0.1) is 0 Å². The van der Waals surface area contributed by atoms with Crippen molar-refractivity contribution in [3.8, 4) is 0 Å². The highest BCUT2D eigenvalue weighted by atomic mass is 35.5. The van der Waals surface area contributed by atoms with E-state index in [-0.39, 0.29) is 10.6 Å². The number of amides is 1. The molecule has 0 saturated carbocycles. The van der Waals surface area contributed by atoms with Gasteiger partial charge in [0.25, 0.3) is 5.91 Å². The first kappa shape index (κ1) is 23.2. The Hall–Kier alpha value is -1.87. The zero-order chi connectivity index (χ0) is 20.2. The van der Waals surface area contributed by atoms with Crippen LogP contribution in [0, 0.1) is 5.82 Å². The van der Waals surface area contributed by atoms with E-state index in [0.717, 1.165) is 12.8 Å². The van der Waals surface area contributed by atoms with Crippen LogP contribution in [0.5, 0.6) is 0 Å². The monoisotopic (exact) mass is 391 g/mol. The molecule has 2 aromatic rings. The summed E-state index contributed by atoms with van der Waals surface area (Å²) in [6, 6.07) is 10.1. The van der Waals surface area contributed by atoms with Crippen molar-refractivity contribution >= 4 is 23.2 Å². The van der Waals surface area contributed by atoms with Crippen molar-refractivity contribution in [2.45, 2.75) is 66.2 Å². The van der Waals surface area contributed by atoms with Crippen molar-refractivity contribution in [2.75, 3.05) is 5.32 Å². The van der Waals surface area contributed by atoms with Crippen molar-refractivity contribution in [1.82, 2.24) is 0 Å². The van der Waals surface area contributed by atoms with Crippen molar-refractivity contribution in [1.29, 1.82) is 0 Å². The fourth-order valence-corrected chi connectivity index (χ4v) is 3.18. The minimum atomic E-state index is -0.617. The molecular formula is C23H31ClFNO. The van der Waals surface area contributed by atoms with Gasteiger partial charge >= 0.3 is 0 Å². The first-order chi connectivity index (χ1) is 13.1. The van der Waals surface area contributed by atoms with E-state index in [0.29, 0.717) is 5.69 Å². The molecule has 0 heterocycles. The lowest BCUT2D eigenvalue weighted by Crippen LogP contribution is -2.14. The molecule has 2 aromatic carbocycles. The highest BCUT2D eigenvalue weighted by molar-refractivity contribution is 6.34. The van der Waals surface area contributed by atoms with Crippen LogP contribution in [0.25, 0.3) is 0 Å². The van der Waals surface area contributed by atoms with Crippen LogP contribution in [0.3, 0.4) is 0 Å². The van der Waals surface area contributed by atoms with Crippen molar-refractivity contribution < 1.29 is 9.18 Å². The molecule has 1 N–H and O–H groups in total. The van der Waals surface area contributed by atoms with E-state index in [1.807, 2.05) is 26.0 Å². The summed E-state index contributed by atoms with van der Waals surface area (Å²) in [6.07, 6.45) is 6.86. The van der Waals surface area contributed by atoms with Gasteiger partial charge in [0.1, 0.15) is 5.82 Å². The maximum Gasteiger partial charge on any atom is 0.260 e. The molecule has 0 aromatic heterocycles. The van der Waals surface area contributed by atoms with Crippen LogP contribution in [0.1, 0.15) is 74.9 Å². The molecule has 0 aliphatic carbocycles. The topological polar surface area (TPSA) is 29.1 Å². The van der Waals surface area contributed by atoms with Crippen LogP contribution >= 0.6 is 11.6 Å². The number of aryl methyl sites for hydroxylation is 2. The number of hydrogen-bond acceptors (Lipinski definition) is 1. The van der Waals surface area contributed by atoms with Crippen LogP contribution in [0.4, 0.5) is 10.1 Å². The largest absolute Gasteiger partial charge is 0.322 e. The Morgan fingerprint density at radius 2 is 1.78 bits per heavy atom. The molecule has 0 atom stereocenters. The van der Waals surface area contributed by atoms with E-state index in [9.17, 15) is 9.18 Å². The Morgan fingerprint density at radius 3 is 2.41 bits per heavy atom. The average molecular weight is 392 g/mol. The number of carbonyl (C=O) groups is 1. The summed E-state index contributed by atoms with van der Waals surface area (Å²) in [5.74, 6) is -1.14. The standard InChI is InChI=1S/C21H25ClFNO.C2H6/c1-3-5-6-7-9-16-12-13-17(14-15(16)4-2)24-21(25)20-18(22)10-8-11-19(20)23;1-2/h8,10-14H,3-7,9H2,1-2H3,(H,24,25);1-2H3. The zero-order valence-electron chi connectivity index (χ0n) is 16.9. The quantitative estimate of drug-likeness (QED) is 0.465. The van der Waals surface area contributed by atoms with E-state index in [1.54, 1.807) is 0 Å². The second kappa shape index (κ2) is 12.5. The van der Waals surface area contributed by atoms with E-state index in [1.165, 1.54) is 55.0 Å². The fraction of sp³-hybridized carbons (Fsp3) is 0.435. The lowest BCUT2D eigenvalue weighted by molar-refractivity contribution is 0.102. The Balaban J connectivity index is 0.00000176. The number of nitrogens with one attached hydrogen (secondary N) is 1. The second-order valence-corrected chi connectivity index (χ2v) is 6.61. The normalized spacial score (nSPS) is 10.1. The van der Waals surface area contributed by atoms with Crippen LogP contribution in [0.15, 0.2) is 36.4 Å². The number of hydrogen-bond donors (Lipinski definition) is 1. The SMILES string of the molecule is CC.CCCCCCc1ccc(NC(=O)c2c(F)cccc2Cl)cc1CC. The number of rotatable bonds is 8. The molecule has 0 aliphatic rings. The number of benzene rings is 2. The predicted octanol–water partition coefficient (Wildman–Crippen LogP) is 7.44. The van der Waals surface area contributed by atoms with Gasteiger partial charge in [0.05, 0.1) is 10.6 Å². The molecule has 0 fully saturated rings. The van der Waals surface area contributed by atoms with Crippen LogP contribution in [-0.2, 0) is 12.8 Å². The van der Waals surface area contributed by atoms with E-state index >= 15 is 0 Å². The maximum atomic E-state index is 13.9. The second-order valence-electron chi connectivity index (χ2n) is 6.20. The van der Waals surface area contributed by atoms with Crippen molar-refractivity contribution in [2.24, 2.45) is 0 Å². The van der Waals surface area contributed by atoms with Gasteiger partial charge in [-0.05, 0) is 54.7 Å². The van der Waals surface area contributed by atoms with Gasteiger partial charge in [-0.2, -0.15) is 0 Å². The molecule has 2 rings (SSSR count). The summed E-state index contributed by atoms with van der Waals surface area (Å²) in [4.78, 5) is 12.3. The van der Waals surface area contributed by atoms with Gasteiger partial charge in [-0.3, -0.25) is 4.79 Å². The van der Waals surface area contributed by atoms with Gasteiger partial charge in [-0.1, -0.05) is 70.7 Å². The van der Waals surface area contributed by atoms with Gasteiger partial charge in [0, 0.05) is 5.69 Å². The first-order valence-electron chi connectivity index (χ1n) is 9.94. The average Bonchev–Trinajstić information content (AvgIpc) is 2.67. The maximum absolute atomic E-state index is 13.9. The zero-order valence-corrected chi connectivity index (χ0v) is 17.6. The molecule has 0 aliphatic heterocycles. The Kier molecular flexibility index (Phi) is 10.7. The molecule has 4 heteroatoms. The van der Waals surface area contributed by atoms with Crippen LogP contribution in [0.2, 0.25) is 5.02 Å². The summed E-state index contributed by atoms with van der Waals surface area (Å²) in [5, 5.41) is 2.87. The van der Waals surface area contributed by atoms with Gasteiger partial charge in [0.2, 0.25) is 0 Å². The molecule has 0 saturated heterocycles. The van der Waals surface area contributed by atoms with Crippen LogP contribution in [-0.4, -0.2) is 5.91 Å². The number of carbonyl (C=O) groups excluding carboxylic acids is 1. The van der Waals surface area contributed by atoms with E-state index in [4.69, 9.17) is 11.6 Å². The predicted molar refractivity (Wildman–Crippen MR) is 114 cm³/mol. The highest BCUT2D eigenvalue weighted by Crippen LogP contribution is 2.23. The smallest absolute Gasteiger partial charge is 0.260 e. The third-order valence-corrected chi connectivity index (χ3v) is 4.65. The fourth-order valence-electron chi connectivity index (χ4n) is 2.93. The van der Waals surface area contributed by atoms with Gasteiger partial charge in [-0.25, -0.2) is 4.39 Å². The van der Waals surface area contributed by atoms with Gasteiger partial charge in [0.15, 0.2) is 0 Å². The van der Waals surface area contributed by atoms with Crippen molar-refractivity contribution in [3.63, 3.8) is 0 Å².